The van der Waals surface area contributed by atoms with Crippen LogP contribution in [-0.4, -0.2) is 42.3 Å². The molecule has 0 bridgehead atoms. The lowest BCUT2D eigenvalue weighted by molar-refractivity contribution is -0.138. The van der Waals surface area contributed by atoms with E-state index in [1.807, 2.05) is 0 Å². The van der Waals surface area contributed by atoms with Crippen molar-refractivity contribution in [3.8, 4) is 0 Å². The van der Waals surface area contributed by atoms with Crippen molar-refractivity contribution < 1.29 is 27.5 Å². The van der Waals surface area contributed by atoms with Crippen LogP contribution in [0.2, 0.25) is 5.15 Å². The minimum atomic E-state index is -1.69. The van der Waals surface area contributed by atoms with Crippen molar-refractivity contribution in [2.24, 2.45) is 0 Å². The van der Waals surface area contributed by atoms with Gasteiger partial charge in [0.2, 0.25) is 5.78 Å². The Balaban J connectivity index is 2.64. The van der Waals surface area contributed by atoms with Gasteiger partial charge in [0, 0.05) is 25.7 Å². The molecule has 0 atom stereocenters. The van der Waals surface area contributed by atoms with Crippen LogP contribution in [0.4, 0.5) is 13.2 Å². The van der Waals surface area contributed by atoms with Crippen molar-refractivity contribution in [1.82, 2.24) is 9.88 Å². The maximum absolute atomic E-state index is 13.8. The molecule has 5 nitrogen and oxygen atoms in total. The van der Waals surface area contributed by atoms with Crippen molar-refractivity contribution in [2.45, 2.75) is 6.92 Å². The van der Waals surface area contributed by atoms with Gasteiger partial charge in [0.15, 0.2) is 17.5 Å². The number of carbonyl (C=O) groups excluding carboxylic acids is 2. The molecule has 0 fully saturated rings. The molecular weight excluding hydrogens is 373 g/mol. The van der Waals surface area contributed by atoms with Gasteiger partial charge in [-0.25, -0.2) is 22.9 Å². The van der Waals surface area contributed by atoms with E-state index in [1.165, 1.54) is 11.1 Å². The van der Waals surface area contributed by atoms with Crippen molar-refractivity contribution in [1.29, 1.82) is 0 Å². The number of carbonyl (C=O) groups is 2. The normalized spacial score (nSPS) is 11.6. The van der Waals surface area contributed by atoms with E-state index in [0.29, 0.717) is 6.07 Å². The van der Waals surface area contributed by atoms with Gasteiger partial charge in [-0.05, 0) is 19.1 Å². The fourth-order valence-electron chi connectivity index (χ4n) is 2.18. The fraction of sp³-hybridized carbons (Fsp3) is 0.235. The molecule has 0 aliphatic rings. The van der Waals surface area contributed by atoms with Crippen LogP contribution in [0.3, 0.4) is 0 Å². The lowest BCUT2D eigenvalue weighted by Crippen LogP contribution is -2.20. The zero-order chi connectivity index (χ0) is 19.6. The van der Waals surface area contributed by atoms with Gasteiger partial charge in [-0.15, -0.1) is 0 Å². The number of Topliss-reactive ketones (excluding diaryl/α,β-unsaturated/α-hetero) is 1. The van der Waals surface area contributed by atoms with Gasteiger partial charge in [0.05, 0.1) is 12.2 Å². The molecule has 0 radical (unpaired) electrons. The van der Waals surface area contributed by atoms with Crippen LogP contribution in [0.5, 0.6) is 0 Å². The monoisotopic (exact) mass is 386 g/mol. The standard InChI is InChI=1S/C17H14ClF3N2O3/c1-4-26-17(25)10(7-23(2)3)15(24)9-5-8-6-11(19)12(20)13(21)14(8)22-16(9)18/h5-7H,4H2,1-3H3. The predicted molar refractivity (Wildman–Crippen MR) is 89.4 cm³/mol. The van der Waals surface area contributed by atoms with E-state index in [9.17, 15) is 22.8 Å². The second-order valence-corrected chi connectivity index (χ2v) is 5.80. The average Bonchev–Trinajstić information content (AvgIpc) is 2.57. The zero-order valence-corrected chi connectivity index (χ0v) is 14.8. The van der Waals surface area contributed by atoms with Crippen LogP contribution in [0, 0.1) is 17.5 Å². The highest BCUT2D eigenvalue weighted by atomic mass is 35.5. The van der Waals surface area contributed by atoms with Crippen molar-refractivity contribution >= 4 is 34.3 Å². The highest BCUT2D eigenvalue weighted by Crippen LogP contribution is 2.27. The number of fused-ring (bicyclic) bond motifs is 1. The summed E-state index contributed by atoms with van der Waals surface area (Å²) in [5.74, 6) is -6.39. The molecule has 26 heavy (non-hydrogen) atoms. The number of ketones is 1. The van der Waals surface area contributed by atoms with Gasteiger partial charge >= 0.3 is 5.97 Å². The Morgan fingerprint density at radius 1 is 1.23 bits per heavy atom. The lowest BCUT2D eigenvalue weighted by Gasteiger charge is -2.12. The van der Waals surface area contributed by atoms with Crippen LogP contribution >= 0.6 is 11.6 Å². The quantitative estimate of drug-likeness (QED) is 0.150. The summed E-state index contributed by atoms with van der Waals surface area (Å²) in [5.41, 5.74) is -1.14. The van der Waals surface area contributed by atoms with Gasteiger partial charge in [0.1, 0.15) is 16.2 Å². The highest BCUT2D eigenvalue weighted by Gasteiger charge is 2.26. The Hall–Kier alpha value is -2.61. The van der Waals surface area contributed by atoms with Gasteiger partial charge in [-0.3, -0.25) is 4.79 Å². The fourth-order valence-corrected chi connectivity index (χ4v) is 2.40. The molecule has 2 aromatic rings. The molecule has 2 rings (SSSR count). The number of nitrogens with zero attached hydrogens (tertiary/aromatic N) is 2. The molecule has 0 saturated carbocycles. The summed E-state index contributed by atoms with van der Waals surface area (Å²) in [4.78, 5) is 29.8. The Bertz CT molecular complexity index is 929. The Labute approximate surface area is 152 Å². The number of pyridine rings is 1. The Morgan fingerprint density at radius 2 is 1.88 bits per heavy atom. The maximum Gasteiger partial charge on any atom is 0.343 e. The third-order valence-corrected chi connectivity index (χ3v) is 3.56. The summed E-state index contributed by atoms with van der Waals surface area (Å²) in [6.07, 6.45) is 1.23. The van der Waals surface area contributed by atoms with Crippen LogP contribution < -0.4 is 0 Å². The third-order valence-electron chi connectivity index (χ3n) is 3.27. The largest absolute Gasteiger partial charge is 0.462 e. The number of halogens is 4. The second-order valence-electron chi connectivity index (χ2n) is 5.44. The van der Waals surface area contributed by atoms with Gasteiger partial charge in [0.25, 0.3) is 0 Å². The zero-order valence-electron chi connectivity index (χ0n) is 14.1. The molecule has 138 valence electrons. The molecule has 0 unspecified atom stereocenters. The first-order valence-electron chi connectivity index (χ1n) is 7.41. The molecule has 0 spiro atoms. The van der Waals surface area contributed by atoms with Crippen molar-refractivity contribution in [3.05, 3.63) is 52.1 Å². The van der Waals surface area contributed by atoms with Crippen LogP contribution in [0.1, 0.15) is 17.3 Å². The summed E-state index contributed by atoms with van der Waals surface area (Å²) in [6.45, 7) is 1.61. The maximum atomic E-state index is 13.8. The molecule has 0 aliphatic heterocycles. The molecule has 1 aromatic carbocycles. The van der Waals surface area contributed by atoms with Crippen LogP contribution in [0.25, 0.3) is 10.9 Å². The first-order valence-corrected chi connectivity index (χ1v) is 7.79. The number of hydrogen-bond donors (Lipinski definition) is 0. The smallest absolute Gasteiger partial charge is 0.343 e. The molecule has 0 N–H and O–H groups in total. The average molecular weight is 387 g/mol. The lowest BCUT2D eigenvalue weighted by atomic mass is 10.0. The van der Waals surface area contributed by atoms with E-state index >= 15 is 0 Å². The minimum Gasteiger partial charge on any atom is -0.462 e. The molecule has 0 amide bonds. The summed E-state index contributed by atoms with van der Waals surface area (Å²) < 4.78 is 45.4. The molecule has 0 saturated heterocycles. The minimum absolute atomic E-state index is 0.0380. The van der Waals surface area contributed by atoms with E-state index < -0.39 is 39.9 Å². The number of esters is 1. The third kappa shape index (κ3) is 3.80. The first-order chi connectivity index (χ1) is 12.2. The molecule has 0 aliphatic carbocycles. The van der Waals surface area contributed by atoms with E-state index in [2.05, 4.69) is 4.98 Å². The van der Waals surface area contributed by atoms with E-state index in [1.54, 1.807) is 21.0 Å². The number of ether oxygens (including phenoxy) is 1. The molecular formula is C17H14ClF3N2O3. The molecule has 1 aromatic heterocycles. The first kappa shape index (κ1) is 19.7. The summed E-state index contributed by atoms with van der Waals surface area (Å²) in [5, 5.41) is -0.636. The number of benzene rings is 1. The van der Waals surface area contributed by atoms with Gasteiger partial charge in [-0.2, -0.15) is 0 Å². The highest BCUT2D eigenvalue weighted by molar-refractivity contribution is 6.36. The van der Waals surface area contributed by atoms with Crippen LogP contribution in [-0.2, 0) is 9.53 Å². The second kappa shape index (κ2) is 7.74. The van der Waals surface area contributed by atoms with Gasteiger partial charge in [-0.1, -0.05) is 11.6 Å². The summed E-state index contributed by atoms with van der Waals surface area (Å²) in [6, 6.07) is 1.73. The van der Waals surface area contributed by atoms with E-state index in [4.69, 9.17) is 16.3 Å². The Morgan fingerprint density at radius 3 is 2.46 bits per heavy atom. The predicted octanol–water partition coefficient (Wildman–Crippen LogP) is 3.50. The van der Waals surface area contributed by atoms with Crippen molar-refractivity contribution in [3.63, 3.8) is 0 Å². The van der Waals surface area contributed by atoms with E-state index in [0.717, 1.165) is 6.07 Å². The Kier molecular flexibility index (Phi) is 5.86. The summed E-state index contributed by atoms with van der Waals surface area (Å²) >= 11 is 5.92. The van der Waals surface area contributed by atoms with Gasteiger partial charge < -0.3 is 9.64 Å². The molecule has 1 heterocycles. The SMILES string of the molecule is CCOC(=O)C(=CN(C)C)C(=O)c1cc2cc(F)c(F)c(F)c2nc1Cl. The van der Waals surface area contributed by atoms with Crippen molar-refractivity contribution in [2.75, 3.05) is 20.7 Å². The number of aromatic nitrogens is 1. The number of hydrogen-bond acceptors (Lipinski definition) is 5. The topological polar surface area (TPSA) is 59.5 Å². The van der Waals surface area contributed by atoms with Crippen LogP contribution in [0.15, 0.2) is 23.9 Å². The number of rotatable bonds is 5. The van der Waals surface area contributed by atoms with E-state index in [-0.39, 0.29) is 23.1 Å². The molecule has 9 heteroatoms. The summed E-state index contributed by atoms with van der Waals surface area (Å²) in [7, 11) is 3.17.